The first-order valence-corrected chi connectivity index (χ1v) is 3.65. The van der Waals surface area contributed by atoms with Gasteiger partial charge in [-0.2, -0.15) is 0 Å². The van der Waals surface area contributed by atoms with Crippen LogP contribution in [0.1, 0.15) is 6.92 Å². The molecule has 0 heterocycles. The smallest absolute Gasteiger partial charge is 0.338 e. The second-order valence-electron chi connectivity index (χ2n) is 2.34. The van der Waals surface area contributed by atoms with E-state index in [2.05, 4.69) is 17.9 Å². The molecule has 0 spiro atoms. The van der Waals surface area contributed by atoms with Gasteiger partial charge >= 0.3 is 5.97 Å². The molecule has 0 rings (SSSR count). The van der Waals surface area contributed by atoms with Crippen LogP contribution in [0.25, 0.3) is 0 Å². The van der Waals surface area contributed by atoms with E-state index in [1.54, 1.807) is 0 Å². The highest BCUT2D eigenvalue weighted by Crippen LogP contribution is 2.10. The molecule has 3 heteroatoms. The lowest BCUT2D eigenvalue weighted by atomic mass is 10.0. The Morgan fingerprint density at radius 1 is 1.38 bits per heavy atom. The van der Waals surface area contributed by atoms with Crippen LogP contribution in [0.2, 0.25) is 0 Å². The van der Waals surface area contributed by atoms with Crippen molar-refractivity contribution >= 4 is 11.8 Å². The Morgan fingerprint density at radius 3 is 2.23 bits per heavy atom. The molecule has 13 heavy (non-hydrogen) atoms. The molecule has 0 aliphatic heterocycles. The monoisotopic (exact) mass is 180 g/mol. The first-order chi connectivity index (χ1) is 6.04. The number of carbonyl (C=O) groups excluding carboxylic acids is 2. The Morgan fingerprint density at radius 2 is 1.92 bits per heavy atom. The fourth-order valence-electron chi connectivity index (χ4n) is 0.709. The number of methoxy groups -OCH3 is 1. The third-order valence-corrected chi connectivity index (χ3v) is 1.44. The predicted octanol–water partition coefficient (Wildman–Crippen LogP) is 1.42. The van der Waals surface area contributed by atoms with Gasteiger partial charge in [0.25, 0.3) is 0 Å². The maximum absolute atomic E-state index is 11.1. The van der Waals surface area contributed by atoms with Crippen LogP contribution in [0.4, 0.5) is 0 Å². The summed E-state index contributed by atoms with van der Waals surface area (Å²) in [6, 6.07) is 0. The zero-order valence-corrected chi connectivity index (χ0v) is 7.79. The number of ketones is 1. The first-order valence-electron chi connectivity index (χ1n) is 3.65. The van der Waals surface area contributed by atoms with Crippen molar-refractivity contribution in [2.24, 2.45) is 0 Å². The SMILES string of the molecule is C=C/C=C(\C(=C)C(C)=O)C(=O)OC. The van der Waals surface area contributed by atoms with Gasteiger partial charge in [0.2, 0.25) is 0 Å². The predicted molar refractivity (Wildman–Crippen MR) is 50.1 cm³/mol. The van der Waals surface area contributed by atoms with Crippen molar-refractivity contribution in [1.29, 1.82) is 0 Å². The lowest BCUT2D eigenvalue weighted by Gasteiger charge is -2.04. The van der Waals surface area contributed by atoms with Crippen LogP contribution >= 0.6 is 0 Å². The molecule has 0 aromatic rings. The molecule has 0 aliphatic rings. The number of Topliss-reactive ketones (excluding diaryl/α,β-unsaturated/α-hetero) is 1. The quantitative estimate of drug-likeness (QED) is 0.373. The van der Waals surface area contributed by atoms with Crippen LogP contribution in [-0.4, -0.2) is 18.9 Å². The third-order valence-electron chi connectivity index (χ3n) is 1.44. The zero-order valence-electron chi connectivity index (χ0n) is 7.79. The fourth-order valence-corrected chi connectivity index (χ4v) is 0.709. The molecule has 0 saturated heterocycles. The van der Waals surface area contributed by atoms with Gasteiger partial charge in [-0.05, 0) is 13.0 Å². The molecule has 0 aromatic carbocycles. The van der Waals surface area contributed by atoms with E-state index < -0.39 is 5.97 Å². The number of carbonyl (C=O) groups is 2. The normalized spacial score (nSPS) is 10.5. The van der Waals surface area contributed by atoms with Gasteiger partial charge in [-0.25, -0.2) is 4.79 Å². The number of ether oxygens (including phenoxy) is 1. The number of hydrogen-bond donors (Lipinski definition) is 0. The minimum atomic E-state index is -0.583. The summed E-state index contributed by atoms with van der Waals surface area (Å²) in [7, 11) is 1.24. The van der Waals surface area contributed by atoms with E-state index in [-0.39, 0.29) is 16.9 Å². The molecule has 0 aliphatic carbocycles. The Bertz CT molecular complexity index is 285. The van der Waals surface area contributed by atoms with Gasteiger partial charge in [0.05, 0.1) is 12.7 Å². The lowest BCUT2D eigenvalue weighted by Crippen LogP contribution is -2.10. The van der Waals surface area contributed by atoms with Gasteiger partial charge in [0.15, 0.2) is 5.78 Å². The lowest BCUT2D eigenvalue weighted by molar-refractivity contribution is -0.136. The molecule has 3 nitrogen and oxygen atoms in total. The van der Waals surface area contributed by atoms with Gasteiger partial charge in [-0.3, -0.25) is 4.79 Å². The fraction of sp³-hybridized carbons (Fsp3) is 0.200. The Kier molecular flexibility index (Phi) is 4.44. The third kappa shape index (κ3) is 3.07. The summed E-state index contributed by atoms with van der Waals surface area (Å²) in [4.78, 5) is 22.0. The topological polar surface area (TPSA) is 43.4 Å². The van der Waals surface area contributed by atoms with Crippen LogP contribution in [-0.2, 0) is 14.3 Å². The van der Waals surface area contributed by atoms with Gasteiger partial charge in [0.1, 0.15) is 0 Å². The van der Waals surface area contributed by atoms with E-state index in [4.69, 9.17) is 0 Å². The number of hydrogen-bond acceptors (Lipinski definition) is 3. The summed E-state index contributed by atoms with van der Waals surface area (Å²) >= 11 is 0. The largest absolute Gasteiger partial charge is 0.465 e. The number of rotatable bonds is 4. The Hall–Kier alpha value is -1.64. The van der Waals surface area contributed by atoms with Crippen molar-refractivity contribution in [3.8, 4) is 0 Å². The van der Waals surface area contributed by atoms with E-state index in [1.165, 1.54) is 26.2 Å². The highest BCUT2D eigenvalue weighted by atomic mass is 16.5. The average Bonchev–Trinajstić information content (AvgIpc) is 2.11. The molecule has 70 valence electrons. The minimum absolute atomic E-state index is 0.131. The highest BCUT2D eigenvalue weighted by Gasteiger charge is 2.15. The maximum atomic E-state index is 11.1. The summed E-state index contributed by atoms with van der Waals surface area (Å²) in [5.41, 5.74) is 0.275. The molecule has 0 saturated carbocycles. The summed E-state index contributed by atoms with van der Waals surface area (Å²) < 4.78 is 4.47. The maximum Gasteiger partial charge on any atom is 0.338 e. The average molecular weight is 180 g/mol. The van der Waals surface area contributed by atoms with E-state index in [1.807, 2.05) is 0 Å². The van der Waals surface area contributed by atoms with E-state index in [0.29, 0.717) is 0 Å². The Balaban J connectivity index is 4.93. The molecular formula is C10H12O3. The van der Waals surface area contributed by atoms with Crippen LogP contribution < -0.4 is 0 Å². The number of allylic oxidation sites excluding steroid dienone is 2. The second kappa shape index (κ2) is 5.09. The van der Waals surface area contributed by atoms with Gasteiger partial charge in [0, 0.05) is 5.57 Å². The van der Waals surface area contributed by atoms with E-state index in [0.717, 1.165) is 0 Å². The molecule has 0 unspecified atom stereocenters. The summed E-state index contributed by atoms with van der Waals surface area (Å²) in [5, 5.41) is 0. The molecule has 0 fully saturated rings. The molecule has 0 radical (unpaired) electrons. The highest BCUT2D eigenvalue weighted by molar-refractivity contribution is 6.08. The number of esters is 1. The standard InChI is InChI=1S/C10H12O3/c1-5-6-9(10(12)13-4)7(2)8(3)11/h5-6H,1-2H2,3-4H3/b9-6+. The summed E-state index contributed by atoms with van der Waals surface area (Å²) in [5.74, 6) is -0.849. The molecule has 0 atom stereocenters. The van der Waals surface area contributed by atoms with Crippen molar-refractivity contribution in [1.82, 2.24) is 0 Å². The zero-order chi connectivity index (χ0) is 10.4. The molecular weight excluding hydrogens is 168 g/mol. The summed E-state index contributed by atoms with van der Waals surface area (Å²) in [6.07, 6.45) is 2.80. The van der Waals surface area contributed by atoms with Crippen LogP contribution in [0.3, 0.4) is 0 Å². The van der Waals surface area contributed by atoms with Crippen LogP contribution in [0, 0.1) is 0 Å². The van der Waals surface area contributed by atoms with Crippen molar-refractivity contribution < 1.29 is 14.3 Å². The summed E-state index contributed by atoms with van der Waals surface area (Å²) in [6.45, 7) is 8.23. The Labute approximate surface area is 77.4 Å². The molecule has 0 bridgehead atoms. The van der Waals surface area contributed by atoms with Crippen molar-refractivity contribution in [2.75, 3.05) is 7.11 Å². The first kappa shape index (κ1) is 11.4. The van der Waals surface area contributed by atoms with Gasteiger partial charge in [-0.1, -0.05) is 19.2 Å². The van der Waals surface area contributed by atoms with Crippen molar-refractivity contribution in [3.63, 3.8) is 0 Å². The van der Waals surface area contributed by atoms with Gasteiger partial charge < -0.3 is 4.74 Å². The van der Waals surface area contributed by atoms with Crippen molar-refractivity contribution in [3.05, 3.63) is 36.5 Å². The van der Waals surface area contributed by atoms with Crippen molar-refractivity contribution in [2.45, 2.75) is 6.92 Å². The van der Waals surface area contributed by atoms with Crippen LogP contribution in [0.15, 0.2) is 36.5 Å². The molecule has 0 aromatic heterocycles. The second-order valence-corrected chi connectivity index (χ2v) is 2.34. The van der Waals surface area contributed by atoms with E-state index >= 15 is 0 Å². The van der Waals surface area contributed by atoms with Crippen LogP contribution in [0.5, 0.6) is 0 Å². The molecule has 0 amide bonds. The van der Waals surface area contributed by atoms with E-state index in [9.17, 15) is 9.59 Å². The minimum Gasteiger partial charge on any atom is -0.465 e. The molecule has 0 N–H and O–H groups in total. The van der Waals surface area contributed by atoms with Gasteiger partial charge in [-0.15, -0.1) is 0 Å².